The molecule has 94 valence electrons. The van der Waals surface area contributed by atoms with Gasteiger partial charge in [-0.1, -0.05) is 44.9 Å². The van der Waals surface area contributed by atoms with Gasteiger partial charge in [0.1, 0.15) is 0 Å². The predicted octanol–water partition coefficient (Wildman–Crippen LogP) is 4.88. The van der Waals surface area contributed by atoms with Gasteiger partial charge in [-0.3, -0.25) is 0 Å². The van der Waals surface area contributed by atoms with Gasteiger partial charge in [-0.25, -0.2) is 4.18 Å². The van der Waals surface area contributed by atoms with Crippen LogP contribution in [0.3, 0.4) is 0 Å². The molecule has 0 heterocycles. The average Bonchev–Trinajstić information content (AvgIpc) is 2.19. The van der Waals surface area contributed by atoms with Crippen molar-refractivity contribution in [1.82, 2.24) is 0 Å². The number of unbranched alkanes of at least 4 members (excludes halogenated alkanes) is 6. The highest BCUT2D eigenvalue weighted by Gasteiger charge is 2.29. The monoisotopic (exact) mass is 254 g/mol. The van der Waals surface area contributed by atoms with Crippen molar-refractivity contribution in [2.75, 3.05) is 0 Å². The molecule has 0 saturated heterocycles. The summed E-state index contributed by atoms with van der Waals surface area (Å²) in [4.78, 5) is 0. The van der Waals surface area contributed by atoms with Crippen LogP contribution >= 0.6 is 12.0 Å². The zero-order chi connectivity index (χ0) is 12.3. The summed E-state index contributed by atoms with van der Waals surface area (Å²) >= 11 is 0.146. The molecule has 1 nitrogen and oxygen atoms in total. The molecule has 0 aliphatic rings. The summed E-state index contributed by atoms with van der Waals surface area (Å²) in [6, 6.07) is 0. The smallest absolute Gasteiger partial charge is 0.207 e. The van der Waals surface area contributed by atoms with Crippen LogP contribution in [-0.4, -0.2) is 6.36 Å². The lowest BCUT2D eigenvalue weighted by atomic mass is 10.1. The van der Waals surface area contributed by atoms with E-state index < -0.39 is 6.36 Å². The van der Waals surface area contributed by atoms with Crippen LogP contribution in [0.1, 0.15) is 51.9 Å². The Hall–Kier alpha value is -0.340. The first-order chi connectivity index (χ1) is 7.56. The Kier molecular flexibility index (Phi) is 9.65. The number of hydrogen-bond donors (Lipinski definition) is 0. The minimum Gasteiger partial charge on any atom is -0.207 e. The fourth-order valence-electron chi connectivity index (χ4n) is 1.14. The van der Waals surface area contributed by atoms with E-state index in [1.807, 2.05) is 0 Å². The SMILES string of the molecule is CCCCCCCCC#CSOC(F)(F)F. The maximum Gasteiger partial charge on any atom is 0.534 e. The van der Waals surface area contributed by atoms with Crippen molar-refractivity contribution in [3.8, 4) is 11.2 Å². The molecule has 0 aliphatic carbocycles. The summed E-state index contributed by atoms with van der Waals surface area (Å²) < 4.78 is 37.9. The number of hydrogen-bond acceptors (Lipinski definition) is 2. The molecule has 0 aromatic heterocycles. The van der Waals surface area contributed by atoms with Gasteiger partial charge < -0.3 is 0 Å². The third-order valence-corrected chi connectivity index (χ3v) is 2.41. The Morgan fingerprint density at radius 3 is 2.31 bits per heavy atom. The van der Waals surface area contributed by atoms with Crippen LogP contribution in [0.25, 0.3) is 0 Å². The summed E-state index contributed by atoms with van der Waals surface area (Å²) in [5, 5.41) is 2.27. The van der Waals surface area contributed by atoms with E-state index >= 15 is 0 Å². The largest absolute Gasteiger partial charge is 0.534 e. The van der Waals surface area contributed by atoms with Crippen molar-refractivity contribution in [2.45, 2.75) is 58.2 Å². The van der Waals surface area contributed by atoms with Gasteiger partial charge in [0.2, 0.25) is 0 Å². The summed E-state index contributed by atoms with van der Waals surface area (Å²) in [6.07, 6.45) is 2.96. The molecule has 5 heteroatoms. The highest BCUT2D eigenvalue weighted by molar-refractivity contribution is 7.99. The molecule has 0 aromatic carbocycles. The molecule has 0 amide bonds. The van der Waals surface area contributed by atoms with Crippen molar-refractivity contribution in [3.05, 3.63) is 0 Å². The fraction of sp³-hybridized carbons (Fsp3) is 0.818. The van der Waals surface area contributed by atoms with E-state index in [9.17, 15) is 13.2 Å². The van der Waals surface area contributed by atoms with Gasteiger partial charge in [-0.15, -0.1) is 13.2 Å². The number of halogens is 3. The van der Waals surface area contributed by atoms with Crippen molar-refractivity contribution >= 4 is 12.0 Å². The quantitative estimate of drug-likeness (QED) is 0.363. The maximum atomic E-state index is 11.5. The first-order valence-electron chi connectivity index (χ1n) is 5.45. The van der Waals surface area contributed by atoms with E-state index in [-0.39, 0.29) is 12.0 Å². The van der Waals surface area contributed by atoms with Crippen LogP contribution < -0.4 is 0 Å². The summed E-state index contributed by atoms with van der Waals surface area (Å²) in [5.74, 6) is 2.64. The summed E-state index contributed by atoms with van der Waals surface area (Å²) in [7, 11) is 0. The van der Waals surface area contributed by atoms with Crippen LogP contribution in [0.4, 0.5) is 13.2 Å². The van der Waals surface area contributed by atoms with Gasteiger partial charge in [0.15, 0.2) is 0 Å². The Morgan fingerprint density at radius 1 is 1.06 bits per heavy atom. The zero-order valence-corrected chi connectivity index (χ0v) is 10.2. The summed E-state index contributed by atoms with van der Waals surface area (Å²) in [6.45, 7) is 2.16. The first-order valence-corrected chi connectivity index (χ1v) is 6.19. The molecule has 0 aliphatic heterocycles. The average molecular weight is 254 g/mol. The van der Waals surface area contributed by atoms with E-state index in [0.29, 0.717) is 6.42 Å². The molecule has 0 unspecified atom stereocenters. The van der Waals surface area contributed by atoms with Gasteiger partial charge in [-0.05, 0) is 11.7 Å². The Morgan fingerprint density at radius 2 is 1.69 bits per heavy atom. The molecule has 0 atom stereocenters. The van der Waals surface area contributed by atoms with Gasteiger partial charge in [0.05, 0.1) is 12.0 Å². The maximum absolute atomic E-state index is 11.5. The zero-order valence-electron chi connectivity index (χ0n) is 9.40. The van der Waals surface area contributed by atoms with Crippen LogP contribution in [0.2, 0.25) is 0 Å². The van der Waals surface area contributed by atoms with E-state index in [1.54, 1.807) is 0 Å². The van der Waals surface area contributed by atoms with E-state index in [1.165, 1.54) is 25.7 Å². The van der Waals surface area contributed by atoms with Crippen LogP contribution in [-0.2, 0) is 4.18 Å². The Labute approximate surface area is 99.3 Å². The highest BCUT2D eigenvalue weighted by atomic mass is 32.2. The Bertz CT molecular complexity index is 217. The van der Waals surface area contributed by atoms with Crippen LogP contribution in [0, 0.1) is 11.2 Å². The molecule has 16 heavy (non-hydrogen) atoms. The van der Waals surface area contributed by atoms with Gasteiger partial charge >= 0.3 is 6.36 Å². The predicted molar refractivity (Wildman–Crippen MR) is 60.5 cm³/mol. The third-order valence-electron chi connectivity index (χ3n) is 1.91. The minimum atomic E-state index is -4.60. The topological polar surface area (TPSA) is 9.23 Å². The molecule has 0 rings (SSSR count). The van der Waals surface area contributed by atoms with Gasteiger partial charge in [0, 0.05) is 6.42 Å². The van der Waals surface area contributed by atoms with Crippen LogP contribution in [0.15, 0.2) is 0 Å². The van der Waals surface area contributed by atoms with Gasteiger partial charge in [-0.2, -0.15) is 0 Å². The lowest BCUT2D eigenvalue weighted by Gasteiger charge is -1.99. The highest BCUT2D eigenvalue weighted by Crippen LogP contribution is 2.22. The molecule has 0 bridgehead atoms. The fourth-order valence-corrected chi connectivity index (χ4v) is 1.44. The molecule has 0 radical (unpaired) electrons. The number of rotatable bonds is 7. The lowest BCUT2D eigenvalue weighted by molar-refractivity contribution is -0.266. The Balaban J connectivity index is 3.22. The normalized spacial score (nSPS) is 11.0. The second-order valence-corrected chi connectivity index (χ2v) is 3.95. The third kappa shape index (κ3) is 13.7. The number of alkyl halides is 3. The molecule has 0 N–H and O–H groups in total. The first kappa shape index (κ1) is 15.7. The van der Waals surface area contributed by atoms with Gasteiger partial charge in [0.25, 0.3) is 0 Å². The van der Waals surface area contributed by atoms with Crippen LogP contribution in [0.5, 0.6) is 0 Å². The minimum absolute atomic E-state index is 0.146. The second-order valence-electron chi connectivity index (χ2n) is 3.41. The molecule has 0 saturated carbocycles. The van der Waals surface area contributed by atoms with E-state index in [0.717, 1.165) is 12.8 Å². The van der Waals surface area contributed by atoms with Crippen molar-refractivity contribution < 1.29 is 17.4 Å². The molecule has 0 fully saturated rings. The molecule has 0 spiro atoms. The lowest BCUT2D eigenvalue weighted by Crippen LogP contribution is -2.06. The standard InChI is InChI=1S/C11H17F3OS/c1-2-3-4-5-6-7-8-9-10-16-15-11(12,13)14/h2-8H2,1H3. The van der Waals surface area contributed by atoms with Crippen molar-refractivity contribution in [3.63, 3.8) is 0 Å². The van der Waals surface area contributed by atoms with Crippen molar-refractivity contribution in [1.29, 1.82) is 0 Å². The second kappa shape index (κ2) is 9.86. The molecular formula is C11H17F3OS. The van der Waals surface area contributed by atoms with E-state index in [4.69, 9.17) is 0 Å². The molecule has 0 aromatic rings. The summed E-state index contributed by atoms with van der Waals surface area (Å²) in [5.41, 5.74) is 0. The van der Waals surface area contributed by atoms with E-state index in [2.05, 4.69) is 22.3 Å². The molecular weight excluding hydrogens is 237 g/mol. The van der Waals surface area contributed by atoms with Crippen molar-refractivity contribution in [2.24, 2.45) is 0 Å².